The van der Waals surface area contributed by atoms with Gasteiger partial charge in [0.2, 0.25) is 0 Å². The molecule has 2 aromatic rings. The molecular formula is C15H14ClFN2O. The molecule has 3 nitrogen and oxygen atoms in total. The van der Waals surface area contributed by atoms with Crippen LogP contribution >= 0.6 is 11.6 Å². The summed E-state index contributed by atoms with van der Waals surface area (Å²) in [5.74, 6) is 6.29. The lowest BCUT2D eigenvalue weighted by molar-refractivity contribution is 0.290. The second-order valence-electron chi connectivity index (χ2n) is 4.03. The maximum absolute atomic E-state index is 13.4. The fourth-order valence-electron chi connectivity index (χ4n) is 1.62. The summed E-state index contributed by atoms with van der Waals surface area (Å²) in [7, 11) is 0. The SMILES string of the molecule is Fc1cc(C#CCCCl)cc(OCCn2cccn2)c1. The summed E-state index contributed by atoms with van der Waals surface area (Å²) in [6.45, 7) is 1.02. The van der Waals surface area contributed by atoms with Crippen LogP contribution in [0.15, 0.2) is 36.7 Å². The Labute approximate surface area is 122 Å². The Balaban J connectivity index is 1.95. The molecule has 0 amide bonds. The molecule has 0 aliphatic rings. The van der Waals surface area contributed by atoms with E-state index in [1.54, 1.807) is 16.9 Å². The molecule has 1 heterocycles. The van der Waals surface area contributed by atoms with E-state index in [0.29, 0.717) is 36.8 Å². The smallest absolute Gasteiger partial charge is 0.128 e. The summed E-state index contributed by atoms with van der Waals surface area (Å²) >= 11 is 5.54. The van der Waals surface area contributed by atoms with Crippen molar-refractivity contribution in [2.24, 2.45) is 0 Å². The van der Waals surface area contributed by atoms with Gasteiger partial charge in [-0.1, -0.05) is 11.8 Å². The summed E-state index contributed by atoms with van der Waals surface area (Å²) in [4.78, 5) is 0. The van der Waals surface area contributed by atoms with Crippen molar-refractivity contribution in [1.29, 1.82) is 0 Å². The van der Waals surface area contributed by atoms with Crippen LogP contribution < -0.4 is 4.74 Å². The van der Waals surface area contributed by atoms with Crippen molar-refractivity contribution in [3.05, 3.63) is 48.0 Å². The second-order valence-corrected chi connectivity index (χ2v) is 4.41. The van der Waals surface area contributed by atoms with Crippen molar-refractivity contribution in [3.8, 4) is 17.6 Å². The molecule has 0 unspecified atom stereocenters. The minimum atomic E-state index is -0.364. The number of benzene rings is 1. The molecule has 0 saturated carbocycles. The van der Waals surface area contributed by atoms with Crippen molar-refractivity contribution in [3.63, 3.8) is 0 Å². The highest BCUT2D eigenvalue weighted by Gasteiger charge is 2.01. The number of nitrogens with zero attached hydrogens (tertiary/aromatic N) is 2. The minimum absolute atomic E-state index is 0.364. The van der Waals surface area contributed by atoms with Crippen molar-refractivity contribution in [2.75, 3.05) is 12.5 Å². The lowest BCUT2D eigenvalue weighted by atomic mass is 10.2. The van der Waals surface area contributed by atoms with Gasteiger partial charge in [0, 0.05) is 36.3 Å². The number of hydrogen-bond acceptors (Lipinski definition) is 2. The number of halogens is 2. The van der Waals surface area contributed by atoms with Gasteiger partial charge in [0.05, 0.1) is 6.54 Å². The van der Waals surface area contributed by atoms with Crippen LogP contribution in [0.25, 0.3) is 0 Å². The topological polar surface area (TPSA) is 27.1 Å². The second kappa shape index (κ2) is 7.56. The molecule has 0 aliphatic heterocycles. The molecule has 0 bridgehead atoms. The molecule has 0 spiro atoms. The lowest BCUT2D eigenvalue weighted by Gasteiger charge is -2.07. The molecule has 2 rings (SSSR count). The van der Waals surface area contributed by atoms with Gasteiger partial charge in [0.1, 0.15) is 18.2 Å². The number of rotatable bonds is 5. The van der Waals surface area contributed by atoms with Gasteiger partial charge in [0.25, 0.3) is 0 Å². The first kappa shape index (κ1) is 14.4. The molecule has 0 N–H and O–H groups in total. The standard InChI is InChI=1S/C15H14ClFN2O/c16-5-2-1-4-13-10-14(17)12-15(11-13)20-9-8-19-7-3-6-18-19/h3,6-7,10-12H,2,5,8-9H2. The molecule has 1 aromatic heterocycles. The number of aromatic nitrogens is 2. The molecule has 0 saturated heterocycles. The predicted molar refractivity (Wildman–Crippen MR) is 76.3 cm³/mol. The zero-order valence-electron chi connectivity index (χ0n) is 10.9. The van der Waals surface area contributed by atoms with E-state index in [0.717, 1.165) is 0 Å². The Kier molecular flexibility index (Phi) is 5.45. The fraction of sp³-hybridized carbons (Fsp3) is 0.267. The van der Waals surface area contributed by atoms with E-state index in [2.05, 4.69) is 16.9 Å². The zero-order chi connectivity index (χ0) is 14.2. The number of ether oxygens (including phenoxy) is 1. The average Bonchev–Trinajstić information content (AvgIpc) is 2.92. The summed E-state index contributed by atoms with van der Waals surface area (Å²) < 4.78 is 20.7. The van der Waals surface area contributed by atoms with Crippen molar-refractivity contribution < 1.29 is 9.13 Å². The Morgan fingerprint density at radius 1 is 1.35 bits per heavy atom. The van der Waals surface area contributed by atoms with Crippen LogP contribution in [0.3, 0.4) is 0 Å². The molecule has 5 heteroatoms. The Hall–Kier alpha value is -1.99. The largest absolute Gasteiger partial charge is 0.492 e. The quantitative estimate of drug-likeness (QED) is 0.625. The highest BCUT2D eigenvalue weighted by atomic mass is 35.5. The summed E-state index contributed by atoms with van der Waals surface area (Å²) in [6.07, 6.45) is 4.12. The first-order valence-electron chi connectivity index (χ1n) is 6.23. The van der Waals surface area contributed by atoms with Gasteiger partial charge in [-0.15, -0.1) is 11.6 Å². The molecular weight excluding hydrogens is 279 g/mol. The van der Waals surface area contributed by atoms with E-state index >= 15 is 0 Å². The molecule has 0 aliphatic carbocycles. The number of alkyl halides is 1. The number of hydrogen-bond donors (Lipinski definition) is 0. The van der Waals surface area contributed by atoms with E-state index < -0.39 is 0 Å². The van der Waals surface area contributed by atoms with Crippen LogP contribution in [0, 0.1) is 17.7 Å². The summed E-state index contributed by atoms with van der Waals surface area (Å²) in [6, 6.07) is 6.28. The van der Waals surface area contributed by atoms with Gasteiger partial charge in [-0.3, -0.25) is 4.68 Å². The van der Waals surface area contributed by atoms with Gasteiger partial charge in [-0.25, -0.2) is 4.39 Å². The highest BCUT2D eigenvalue weighted by Crippen LogP contribution is 2.16. The van der Waals surface area contributed by atoms with Gasteiger partial charge in [-0.2, -0.15) is 5.10 Å². The van der Waals surface area contributed by atoms with E-state index in [1.807, 2.05) is 12.3 Å². The molecule has 1 aromatic carbocycles. The third kappa shape index (κ3) is 4.60. The van der Waals surface area contributed by atoms with E-state index in [-0.39, 0.29) is 5.82 Å². The third-order valence-corrected chi connectivity index (χ3v) is 2.66. The first-order valence-corrected chi connectivity index (χ1v) is 6.77. The maximum Gasteiger partial charge on any atom is 0.128 e. The Morgan fingerprint density at radius 3 is 3.00 bits per heavy atom. The molecule has 104 valence electrons. The average molecular weight is 293 g/mol. The van der Waals surface area contributed by atoms with Crippen LogP contribution in [0.1, 0.15) is 12.0 Å². The lowest BCUT2D eigenvalue weighted by Crippen LogP contribution is -2.08. The van der Waals surface area contributed by atoms with E-state index in [9.17, 15) is 4.39 Å². The van der Waals surface area contributed by atoms with E-state index in [1.165, 1.54) is 12.1 Å². The van der Waals surface area contributed by atoms with Crippen LogP contribution in [0.2, 0.25) is 0 Å². The Bertz CT molecular complexity index is 602. The highest BCUT2D eigenvalue weighted by molar-refractivity contribution is 6.18. The van der Waals surface area contributed by atoms with Gasteiger partial charge in [-0.05, 0) is 18.2 Å². The minimum Gasteiger partial charge on any atom is -0.492 e. The van der Waals surface area contributed by atoms with Crippen molar-refractivity contribution in [2.45, 2.75) is 13.0 Å². The van der Waals surface area contributed by atoms with Gasteiger partial charge >= 0.3 is 0 Å². The van der Waals surface area contributed by atoms with Gasteiger partial charge in [0.15, 0.2) is 0 Å². The molecule has 20 heavy (non-hydrogen) atoms. The molecule has 0 radical (unpaired) electrons. The normalized spacial score (nSPS) is 9.90. The molecule has 0 fully saturated rings. The summed E-state index contributed by atoms with van der Waals surface area (Å²) in [5.41, 5.74) is 0.587. The first-order chi connectivity index (χ1) is 9.78. The maximum atomic E-state index is 13.4. The van der Waals surface area contributed by atoms with E-state index in [4.69, 9.17) is 16.3 Å². The van der Waals surface area contributed by atoms with Crippen LogP contribution in [0.4, 0.5) is 4.39 Å². The summed E-state index contributed by atoms with van der Waals surface area (Å²) in [5, 5.41) is 4.06. The van der Waals surface area contributed by atoms with Crippen LogP contribution in [0.5, 0.6) is 5.75 Å². The Morgan fingerprint density at radius 2 is 2.25 bits per heavy atom. The van der Waals surface area contributed by atoms with Gasteiger partial charge < -0.3 is 4.74 Å². The zero-order valence-corrected chi connectivity index (χ0v) is 11.6. The predicted octanol–water partition coefficient (Wildman–Crippen LogP) is 3.08. The third-order valence-electron chi connectivity index (χ3n) is 2.47. The molecule has 0 atom stereocenters. The fourth-order valence-corrected chi connectivity index (χ4v) is 1.71. The van der Waals surface area contributed by atoms with Crippen molar-refractivity contribution in [1.82, 2.24) is 9.78 Å². The van der Waals surface area contributed by atoms with Crippen LogP contribution in [-0.4, -0.2) is 22.3 Å². The van der Waals surface area contributed by atoms with Crippen LogP contribution in [-0.2, 0) is 6.54 Å². The monoisotopic (exact) mass is 292 g/mol. The van der Waals surface area contributed by atoms with Crippen molar-refractivity contribution >= 4 is 11.6 Å².